The van der Waals surface area contributed by atoms with Crippen molar-refractivity contribution in [3.8, 4) is 0 Å². The lowest BCUT2D eigenvalue weighted by molar-refractivity contribution is 0.290. The average Bonchev–Trinajstić information content (AvgIpc) is 2.72. The van der Waals surface area contributed by atoms with Crippen LogP contribution in [0.15, 0.2) is 23.0 Å². The van der Waals surface area contributed by atoms with Crippen molar-refractivity contribution in [2.24, 2.45) is 5.73 Å². The van der Waals surface area contributed by atoms with Gasteiger partial charge in [0.05, 0.1) is 12.5 Å². The summed E-state index contributed by atoms with van der Waals surface area (Å²) in [7, 11) is 0. The highest BCUT2D eigenvalue weighted by molar-refractivity contribution is 5.10. The Balaban J connectivity index is 2.31. The molecule has 0 aliphatic heterocycles. The van der Waals surface area contributed by atoms with E-state index in [1.807, 2.05) is 6.07 Å². The standard InChI is InChI=1S/C11H20N2O/c1-3-13(4-2)7-5-11(12)10-6-8-14-9-10/h6,8-9,11H,3-5,7,12H2,1-2H3. The van der Waals surface area contributed by atoms with Gasteiger partial charge in [0, 0.05) is 11.6 Å². The van der Waals surface area contributed by atoms with E-state index >= 15 is 0 Å². The van der Waals surface area contributed by atoms with Gasteiger partial charge in [-0.15, -0.1) is 0 Å². The number of hydrogen-bond donors (Lipinski definition) is 1. The van der Waals surface area contributed by atoms with Gasteiger partial charge in [0.15, 0.2) is 0 Å². The maximum absolute atomic E-state index is 6.01. The minimum Gasteiger partial charge on any atom is -0.472 e. The Hall–Kier alpha value is -0.800. The van der Waals surface area contributed by atoms with Crippen LogP contribution in [0.1, 0.15) is 31.9 Å². The average molecular weight is 196 g/mol. The van der Waals surface area contributed by atoms with E-state index < -0.39 is 0 Å². The Labute approximate surface area is 85.9 Å². The summed E-state index contributed by atoms with van der Waals surface area (Å²) in [4.78, 5) is 2.37. The van der Waals surface area contributed by atoms with E-state index in [0.717, 1.165) is 31.6 Å². The SMILES string of the molecule is CCN(CC)CCC(N)c1ccoc1. The molecule has 3 heteroatoms. The second-order valence-corrected chi connectivity index (χ2v) is 3.48. The summed E-state index contributed by atoms with van der Waals surface area (Å²) in [5.41, 5.74) is 7.11. The molecule has 3 nitrogen and oxygen atoms in total. The van der Waals surface area contributed by atoms with Crippen LogP contribution in [0.25, 0.3) is 0 Å². The van der Waals surface area contributed by atoms with Crippen molar-refractivity contribution >= 4 is 0 Å². The Kier molecular flexibility index (Phi) is 4.70. The Morgan fingerprint density at radius 2 is 2.14 bits per heavy atom. The lowest BCUT2D eigenvalue weighted by atomic mass is 10.1. The molecule has 1 heterocycles. The molecule has 0 amide bonds. The molecule has 0 spiro atoms. The third kappa shape index (κ3) is 3.16. The topological polar surface area (TPSA) is 42.4 Å². The summed E-state index contributed by atoms with van der Waals surface area (Å²) in [6, 6.07) is 2.04. The maximum atomic E-state index is 6.01. The highest BCUT2D eigenvalue weighted by Crippen LogP contribution is 2.14. The van der Waals surface area contributed by atoms with Gasteiger partial charge in [-0.3, -0.25) is 0 Å². The molecule has 0 saturated heterocycles. The van der Waals surface area contributed by atoms with Crippen molar-refractivity contribution in [2.45, 2.75) is 26.3 Å². The first-order valence-electron chi connectivity index (χ1n) is 5.28. The zero-order valence-corrected chi connectivity index (χ0v) is 9.07. The fraction of sp³-hybridized carbons (Fsp3) is 0.636. The zero-order chi connectivity index (χ0) is 10.4. The van der Waals surface area contributed by atoms with Gasteiger partial charge in [0.25, 0.3) is 0 Å². The normalized spacial score (nSPS) is 13.4. The van der Waals surface area contributed by atoms with Crippen LogP contribution in [0.5, 0.6) is 0 Å². The fourth-order valence-electron chi connectivity index (χ4n) is 1.51. The van der Waals surface area contributed by atoms with Crippen LogP contribution >= 0.6 is 0 Å². The summed E-state index contributed by atoms with van der Waals surface area (Å²) in [6.07, 6.45) is 4.39. The summed E-state index contributed by atoms with van der Waals surface area (Å²) in [5.74, 6) is 0. The first-order valence-corrected chi connectivity index (χ1v) is 5.28. The fourth-order valence-corrected chi connectivity index (χ4v) is 1.51. The Morgan fingerprint density at radius 3 is 2.64 bits per heavy atom. The quantitative estimate of drug-likeness (QED) is 0.756. The lowest BCUT2D eigenvalue weighted by Gasteiger charge is -2.19. The molecule has 1 aromatic heterocycles. The minimum atomic E-state index is 0.106. The van der Waals surface area contributed by atoms with E-state index in [2.05, 4.69) is 18.7 Å². The van der Waals surface area contributed by atoms with Gasteiger partial charge in [0.2, 0.25) is 0 Å². The molecule has 1 rings (SSSR count). The molecule has 0 aliphatic rings. The van der Waals surface area contributed by atoms with E-state index in [4.69, 9.17) is 10.2 Å². The lowest BCUT2D eigenvalue weighted by Crippen LogP contribution is -2.26. The Morgan fingerprint density at radius 1 is 1.43 bits per heavy atom. The van der Waals surface area contributed by atoms with Crippen LogP contribution in [0.3, 0.4) is 0 Å². The van der Waals surface area contributed by atoms with Crippen LogP contribution < -0.4 is 5.73 Å². The van der Waals surface area contributed by atoms with E-state index in [9.17, 15) is 0 Å². The summed E-state index contributed by atoms with van der Waals surface area (Å²) in [5, 5.41) is 0. The van der Waals surface area contributed by atoms with E-state index in [1.54, 1.807) is 12.5 Å². The molecule has 1 unspecified atom stereocenters. The van der Waals surface area contributed by atoms with Crippen LogP contribution in [0.4, 0.5) is 0 Å². The smallest absolute Gasteiger partial charge is 0.0950 e. The monoisotopic (exact) mass is 196 g/mol. The number of furan rings is 1. The highest BCUT2D eigenvalue weighted by Gasteiger charge is 2.08. The molecular formula is C11H20N2O. The van der Waals surface area contributed by atoms with E-state index in [0.29, 0.717) is 0 Å². The molecule has 0 aromatic carbocycles. The van der Waals surface area contributed by atoms with Crippen LogP contribution in [0.2, 0.25) is 0 Å². The van der Waals surface area contributed by atoms with E-state index in [1.165, 1.54) is 0 Å². The van der Waals surface area contributed by atoms with Crippen LogP contribution in [-0.4, -0.2) is 24.5 Å². The van der Waals surface area contributed by atoms with Gasteiger partial charge in [0.1, 0.15) is 0 Å². The molecule has 14 heavy (non-hydrogen) atoms. The van der Waals surface area contributed by atoms with Gasteiger partial charge in [-0.2, -0.15) is 0 Å². The van der Waals surface area contributed by atoms with Crippen molar-refractivity contribution in [3.05, 3.63) is 24.2 Å². The molecule has 0 fully saturated rings. The largest absolute Gasteiger partial charge is 0.472 e. The van der Waals surface area contributed by atoms with Gasteiger partial charge in [-0.25, -0.2) is 0 Å². The number of nitrogens with two attached hydrogens (primary N) is 1. The first-order chi connectivity index (χ1) is 6.77. The second kappa shape index (κ2) is 5.83. The zero-order valence-electron chi connectivity index (χ0n) is 9.07. The molecule has 1 atom stereocenters. The summed E-state index contributed by atoms with van der Waals surface area (Å²) >= 11 is 0. The highest BCUT2D eigenvalue weighted by atomic mass is 16.3. The predicted molar refractivity (Wildman–Crippen MR) is 58.0 cm³/mol. The molecule has 0 aliphatic carbocycles. The first kappa shape index (κ1) is 11.3. The van der Waals surface area contributed by atoms with Crippen LogP contribution in [0, 0.1) is 0 Å². The maximum Gasteiger partial charge on any atom is 0.0950 e. The van der Waals surface area contributed by atoms with Gasteiger partial charge < -0.3 is 15.1 Å². The minimum absolute atomic E-state index is 0.106. The molecular weight excluding hydrogens is 176 g/mol. The third-order valence-corrected chi connectivity index (χ3v) is 2.62. The van der Waals surface area contributed by atoms with Crippen molar-refractivity contribution in [1.82, 2.24) is 4.90 Å². The van der Waals surface area contributed by atoms with Crippen molar-refractivity contribution in [2.75, 3.05) is 19.6 Å². The molecule has 0 bridgehead atoms. The molecule has 0 radical (unpaired) electrons. The Bertz CT molecular complexity index is 229. The molecule has 80 valence electrons. The molecule has 0 saturated carbocycles. The van der Waals surface area contributed by atoms with Gasteiger partial charge in [-0.05, 0) is 32.1 Å². The number of rotatable bonds is 6. The van der Waals surface area contributed by atoms with Gasteiger partial charge in [-0.1, -0.05) is 13.8 Å². The van der Waals surface area contributed by atoms with Crippen LogP contribution in [-0.2, 0) is 0 Å². The second-order valence-electron chi connectivity index (χ2n) is 3.48. The number of nitrogens with zero attached hydrogens (tertiary/aromatic N) is 1. The predicted octanol–water partition coefficient (Wildman–Crippen LogP) is 2.01. The molecule has 2 N–H and O–H groups in total. The number of hydrogen-bond acceptors (Lipinski definition) is 3. The van der Waals surface area contributed by atoms with E-state index in [-0.39, 0.29) is 6.04 Å². The third-order valence-electron chi connectivity index (χ3n) is 2.62. The van der Waals surface area contributed by atoms with Gasteiger partial charge >= 0.3 is 0 Å². The van der Waals surface area contributed by atoms with Crippen molar-refractivity contribution < 1.29 is 4.42 Å². The molecule has 1 aromatic rings. The van der Waals surface area contributed by atoms with Crippen molar-refractivity contribution in [1.29, 1.82) is 0 Å². The summed E-state index contributed by atoms with van der Waals surface area (Å²) < 4.78 is 5.00. The van der Waals surface area contributed by atoms with Crippen molar-refractivity contribution in [3.63, 3.8) is 0 Å². The summed E-state index contributed by atoms with van der Waals surface area (Å²) in [6.45, 7) is 7.59.